The molecule has 2 aromatic heterocycles. The van der Waals surface area contributed by atoms with E-state index in [2.05, 4.69) is 32.1 Å². The Morgan fingerprint density at radius 2 is 1.93 bits per heavy atom. The second-order valence-electron chi connectivity index (χ2n) is 10.3. The summed E-state index contributed by atoms with van der Waals surface area (Å²) >= 11 is 0. The molecular formula is C28H33N7O6S. The maximum absolute atomic E-state index is 13.1. The number of aromatic nitrogens is 3. The van der Waals surface area contributed by atoms with Crippen LogP contribution in [0.3, 0.4) is 0 Å². The molecule has 0 unspecified atom stereocenters. The van der Waals surface area contributed by atoms with Gasteiger partial charge >= 0.3 is 5.97 Å². The fourth-order valence-electron chi connectivity index (χ4n) is 5.12. The molecule has 5 rings (SSSR count). The Morgan fingerprint density at radius 1 is 1.12 bits per heavy atom. The number of nitrogens with one attached hydrogen (secondary N) is 3. The highest BCUT2D eigenvalue weighted by Crippen LogP contribution is 2.26. The van der Waals surface area contributed by atoms with Gasteiger partial charge in [-0.2, -0.15) is 9.40 Å². The van der Waals surface area contributed by atoms with Crippen LogP contribution in [-0.2, 0) is 39.0 Å². The van der Waals surface area contributed by atoms with Crippen molar-refractivity contribution in [2.24, 2.45) is 0 Å². The molecule has 14 heteroatoms. The standard InChI is InChI=1S/C28H33N7O6S/c36-26(20-16-31-34(18-20)15-12-21-11-10-19-6-4-13-29-25(19)32-21)30-17-23(28(38)39)33-27(37)24-9-5-14-35(24)42(40,41)22-7-2-1-3-8-22/h1-3,7-8,10-11,16,18,23-24H,4-6,9,12-15,17H2,(H,29,32)(H,30,36)(H,33,37)(H,38,39)/t23-,24-/m0/s1. The van der Waals surface area contributed by atoms with Crippen molar-refractivity contribution in [3.8, 4) is 0 Å². The number of amides is 2. The zero-order valence-electron chi connectivity index (χ0n) is 22.9. The summed E-state index contributed by atoms with van der Waals surface area (Å²) < 4.78 is 28.9. The van der Waals surface area contributed by atoms with Crippen LogP contribution >= 0.6 is 0 Å². The fourth-order valence-corrected chi connectivity index (χ4v) is 6.80. The topological polar surface area (TPSA) is 176 Å². The summed E-state index contributed by atoms with van der Waals surface area (Å²) in [5.74, 6) is -1.72. The highest BCUT2D eigenvalue weighted by Gasteiger charge is 2.40. The molecule has 0 radical (unpaired) electrons. The van der Waals surface area contributed by atoms with Gasteiger partial charge in [0.2, 0.25) is 15.9 Å². The molecule has 0 spiro atoms. The Labute approximate surface area is 243 Å². The third-order valence-corrected chi connectivity index (χ3v) is 9.30. The van der Waals surface area contributed by atoms with Gasteiger partial charge in [-0.1, -0.05) is 24.3 Å². The molecular weight excluding hydrogens is 562 g/mol. The third kappa shape index (κ3) is 6.60. The second kappa shape index (κ2) is 12.7. The molecule has 13 nitrogen and oxygen atoms in total. The average Bonchev–Trinajstić information content (AvgIpc) is 3.69. The van der Waals surface area contributed by atoms with Crippen molar-refractivity contribution in [2.45, 2.75) is 55.6 Å². The SMILES string of the molecule is O=C(NC[C@H](NC(=O)[C@@H]1CCCN1S(=O)(=O)c1ccccc1)C(=O)O)c1cnn(CCc2ccc3c(n2)NCCC3)c1. The van der Waals surface area contributed by atoms with Gasteiger partial charge < -0.3 is 21.1 Å². The minimum atomic E-state index is -3.94. The van der Waals surface area contributed by atoms with Crippen molar-refractivity contribution in [3.63, 3.8) is 0 Å². The summed E-state index contributed by atoms with van der Waals surface area (Å²) in [6, 6.07) is 9.33. The Kier molecular flexibility index (Phi) is 8.83. The number of carboxylic acids is 1. The first-order valence-corrected chi connectivity index (χ1v) is 15.3. The number of rotatable bonds is 11. The van der Waals surface area contributed by atoms with Gasteiger partial charge in [0, 0.05) is 44.5 Å². The van der Waals surface area contributed by atoms with Crippen LogP contribution in [0.2, 0.25) is 0 Å². The van der Waals surface area contributed by atoms with E-state index in [4.69, 9.17) is 0 Å². The minimum absolute atomic E-state index is 0.0586. The Morgan fingerprint density at radius 3 is 2.71 bits per heavy atom. The number of carbonyl (C=O) groups is 3. The van der Waals surface area contributed by atoms with Crippen LogP contribution in [0.15, 0.2) is 59.8 Å². The maximum atomic E-state index is 13.1. The van der Waals surface area contributed by atoms with E-state index in [0.717, 1.165) is 35.2 Å². The number of hydrogen-bond acceptors (Lipinski definition) is 8. The van der Waals surface area contributed by atoms with Crippen LogP contribution in [0.1, 0.15) is 40.9 Å². The van der Waals surface area contributed by atoms with Crippen molar-refractivity contribution < 1.29 is 27.9 Å². The van der Waals surface area contributed by atoms with Crippen molar-refractivity contribution >= 4 is 33.6 Å². The number of carboxylic acid groups (broad SMARTS) is 1. The maximum Gasteiger partial charge on any atom is 0.328 e. The molecule has 0 saturated carbocycles. The lowest BCUT2D eigenvalue weighted by atomic mass is 10.1. The molecule has 1 fully saturated rings. The molecule has 2 atom stereocenters. The van der Waals surface area contributed by atoms with Gasteiger partial charge in [-0.15, -0.1) is 0 Å². The number of aliphatic carboxylic acids is 1. The van der Waals surface area contributed by atoms with Gasteiger partial charge in [-0.25, -0.2) is 18.2 Å². The number of aryl methyl sites for hydroxylation is 3. The Balaban J connectivity index is 1.15. The lowest BCUT2D eigenvalue weighted by molar-refractivity contribution is -0.142. The Bertz CT molecular complexity index is 1560. The van der Waals surface area contributed by atoms with E-state index in [1.165, 1.54) is 23.9 Å². The van der Waals surface area contributed by atoms with Crippen LogP contribution < -0.4 is 16.0 Å². The van der Waals surface area contributed by atoms with Crippen molar-refractivity contribution in [1.82, 2.24) is 29.7 Å². The summed E-state index contributed by atoms with van der Waals surface area (Å²) in [4.78, 5) is 42.4. The predicted molar refractivity (Wildman–Crippen MR) is 152 cm³/mol. The molecule has 4 heterocycles. The van der Waals surface area contributed by atoms with E-state index in [-0.39, 0.29) is 23.4 Å². The van der Waals surface area contributed by atoms with Gasteiger partial charge in [0.1, 0.15) is 17.9 Å². The highest BCUT2D eigenvalue weighted by atomic mass is 32.2. The second-order valence-corrected chi connectivity index (χ2v) is 12.2. The lowest BCUT2D eigenvalue weighted by Gasteiger charge is -2.25. The zero-order chi connectivity index (χ0) is 29.7. The van der Waals surface area contributed by atoms with E-state index in [1.54, 1.807) is 29.1 Å². The molecule has 3 aromatic rings. The molecule has 0 aliphatic carbocycles. The summed E-state index contributed by atoms with van der Waals surface area (Å²) in [6.07, 6.45) is 6.37. The molecule has 222 valence electrons. The van der Waals surface area contributed by atoms with Gasteiger partial charge in [0.15, 0.2) is 0 Å². The van der Waals surface area contributed by atoms with Crippen molar-refractivity contribution in [1.29, 1.82) is 0 Å². The van der Waals surface area contributed by atoms with Crippen LogP contribution in [0.5, 0.6) is 0 Å². The molecule has 2 aliphatic heterocycles. The van der Waals surface area contributed by atoms with E-state index in [1.807, 2.05) is 6.07 Å². The third-order valence-electron chi connectivity index (χ3n) is 7.38. The number of fused-ring (bicyclic) bond motifs is 1. The number of sulfonamides is 1. The van der Waals surface area contributed by atoms with Crippen molar-refractivity contribution in [2.75, 3.05) is 25.0 Å². The highest BCUT2D eigenvalue weighted by molar-refractivity contribution is 7.89. The predicted octanol–water partition coefficient (Wildman–Crippen LogP) is 1.03. The minimum Gasteiger partial charge on any atom is -0.480 e. The first-order valence-electron chi connectivity index (χ1n) is 13.9. The monoisotopic (exact) mass is 595 g/mol. The summed E-state index contributed by atoms with van der Waals surface area (Å²) in [6.45, 7) is 1.15. The summed E-state index contributed by atoms with van der Waals surface area (Å²) in [5, 5.41) is 22.1. The quantitative estimate of drug-likeness (QED) is 0.252. The largest absolute Gasteiger partial charge is 0.480 e. The molecule has 0 bridgehead atoms. The number of benzene rings is 1. The van der Waals surface area contributed by atoms with Crippen LogP contribution in [0, 0.1) is 0 Å². The van der Waals surface area contributed by atoms with E-state index >= 15 is 0 Å². The summed E-state index contributed by atoms with van der Waals surface area (Å²) in [7, 11) is -3.94. The first-order chi connectivity index (χ1) is 20.2. The van der Waals surface area contributed by atoms with Gasteiger partial charge in [0.05, 0.1) is 16.7 Å². The van der Waals surface area contributed by atoms with Gasteiger partial charge in [0.25, 0.3) is 5.91 Å². The average molecular weight is 596 g/mol. The number of hydrogen-bond donors (Lipinski definition) is 4. The molecule has 4 N–H and O–H groups in total. The van der Waals surface area contributed by atoms with E-state index in [0.29, 0.717) is 19.4 Å². The van der Waals surface area contributed by atoms with Gasteiger partial charge in [-0.05, 0) is 49.4 Å². The fraction of sp³-hybridized carbons (Fsp3) is 0.393. The van der Waals surface area contributed by atoms with Gasteiger partial charge in [-0.3, -0.25) is 14.3 Å². The molecule has 42 heavy (non-hydrogen) atoms. The van der Waals surface area contributed by atoms with E-state index in [9.17, 15) is 27.9 Å². The smallest absolute Gasteiger partial charge is 0.328 e. The van der Waals surface area contributed by atoms with Crippen LogP contribution in [-0.4, -0.2) is 82.1 Å². The molecule has 1 saturated heterocycles. The number of pyridine rings is 1. The number of nitrogens with zero attached hydrogens (tertiary/aromatic N) is 4. The van der Waals surface area contributed by atoms with Crippen LogP contribution in [0.4, 0.5) is 5.82 Å². The van der Waals surface area contributed by atoms with Crippen molar-refractivity contribution in [3.05, 3.63) is 71.7 Å². The van der Waals surface area contributed by atoms with E-state index < -0.39 is 46.4 Å². The normalized spacial score (nSPS) is 17.6. The summed E-state index contributed by atoms with van der Waals surface area (Å²) in [5.41, 5.74) is 2.35. The van der Waals surface area contributed by atoms with Crippen LogP contribution in [0.25, 0.3) is 0 Å². The lowest BCUT2D eigenvalue weighted by Crippen LogP contribution is -2.54. The Hall–Kier alpha value is -4.30. The zero-order valence-corrected chi connectivity index (χ0v) is 23.7. The molecule has 2 aliphatic rings. The molecule has 2 amide bonds. The first kappa shape index (κ1) is 29.2. The number of anilines is 1. The number of carbonyl (C=O) groups excluding carboxylic acids is 2. The molecule has 1 aromatic carbocycles.